The molecule has 1 aromatic rings. The Hall–Kier alpha value is -1.39. The fourth-order valence-corrected chi connectivity index (χ4v) is 4.14. The zero-order valence-corrected chi connectivity index (χ0v) is 15.9. The summed E-state index contributed by atoms with van der Waals surface area (Å²) in [4.78, 5) is 14.2. The number of benzene rings is 1. The van der Waals surface area contributed by atoms with Gasteiger partial charge < -0.3 is 10.1 Å². The van der Waals surface area contributed by atoms with Crippen LogP contribution in [0.4, 0.5) is 0 Å². The highest BCUT2D eigenvalue weighted by atomic mass is 16.5. The molecular formula is C21H34N2O2. The van der Waals surface area contributed by atoms with Crippen LogP contribution in [0.5, 0.6) is 0 Å². The standard InChI is InChI=1S/C21H32N2O2.H2/c1-4-15-10-18(19-12-22-13-19)11-16(5-2)20(15)14-23-8-6-17(7-9-23)21(24)25-3;/h10-11,17,19,22H,4-9,12-14H2,1-3H3;1H. The lowest BCUT2D eigenvalue weighted by Gasteiger charge is -2.33. The van der Waals surface area contributed by atoms with E-state index in [1.165, 1.54) is 29.4 Å². The molecule has 0 aliphatic carbocycles. The van der Waals surface area contributed by atoms with Gasteiger partial charge in [0.15, 0.2) is 0 Å². The number of esters is 1. The van der Waals surface area contributed by atoms with Gasteiger partial charge in [-0.3, -0.25) is 9.69 Å². The zero-order valence-electron chi connectivity index (χ0n) is 15.9. The van der Waals surface area contributed by atoms with Gasteiger partial charge in [-0.15, -0.1) is 0 Å². The van der Waals surface area contributed by atoms with E-state index in [4.69, 9.17) is 4.74 Å². The first-order valence-corrected chi connectivity index (χ1v) is 9.81. The molecule has 0 unspecified atom stereocenters. The summed E-state index contributed by atoms with van der Waals surface area (Å²) in [6.07, 6.45) is 4.02. The molecule has 0 aromatic heterocycles. The lowest BCUT2D eigenvalue weighted by atomic mass is 9.86. The lowest BCUT2D eigenvalue weighted by Crippen LogP contribution is -2.40. The number of carbonyl (C=O) groups is 1. The van der Waals surface area contributed by atoms with Crippen LogP contribution in [0.1, 0.15) is 56.3 Å². The Balaban J connectivity index is 0.00000243. The van der Waals surface area contributed by atoms with Crippen molar-refractivity contribution < 1.29 is 11.0 Å². The number of piperidine rings is 1. The minimum absolute atomic E-state index is 0. The molecular weight excluding hydrogens is 312 g/mol. The van der Waals surface area contributed by atoms with E-state index in [0.717, 1.165) is 58.4 Å². The van der Waals surface area contributed by atoms with E-state index in [9.17, 15) is 4.79 Å². The van der Waals surface area contributed by atoms with Crippen LogP contribution in [0.15, 0.2) is 12.1 Å². The van der Waals surface area contributed by atoms with Gasteiger partial charge in [-0.05, 0) is 61.0 Å². The molecule has 0 bridgehead atoms. The quantitative estimate of drug-likeness (QED) is 0.804. The number of rotatable bonds is 6. The zero-order chi connectivity index (χ0) is 17.8. The van der Waals surface area contributed by atoms with Crippen LogP contribution in [0.2, 0.25) is 0 Å². The third kappa shape index (κ3) is 4.06. The van der Waals surface area contributed by atoms with Crippen molar-refractivity contribution in [1.29, 1.82) is 0 Å². The van der Waals surface area contributed by atoms with Crippen molar-refractivity contribution >= 4 is 5.97 Å². The van der Waals surface area contributed by atoms with Gasteiger partial charge in [0.25, 0.3) is 0 Å². The molecule has 4 nitrogen and oxygen atoms in total. The summed E-state index contributed by atoms with van der Waals surface area (Å²) in [7, 11) is 1.49. The van der Waals surface area contributed by atoms with Gasteiger partial charge in [-0.2, -0.15) is 0 Å². The second kappa shape index (κ2) is 8.33. The highest BCUT2D eigenvalue weighted by molar-refractivity contribution is 5.72. The summed E-state index contributed by atoms with van der Waals surface area (Å²) in [5, 5.41) is 3.39. The predicted molar refractivity (Wildman–Crippen MR) is 103 cm³/mol. The van der Waals surface area contributed by atoms with Crippen LogP contribution < -0.4 is 5.32 Å². The Morgan fingerprint density at radius 2 is 1.80 bits per heavy atom. The molecule has 140 valence electrons. The third-order valence-corrected chi connectivity index (χ3v) is 5.98. The Kier molecular flexibility index (Phi) is 6.13. The first kappa shape index (κ1) is 18.4. The van der Waals surface area contributed by atoms with Crippen LogP contribution >= 0.6 is 0 Å². The molecule has 4 heteroatoms. The average molecular weight is 347 g/mol. The van der Waals surface area contributed by atoms with Crippen LogP contribution in [-0.4, -0.2) is 44.2 Å². The third-order valence-electron chi connectivity index (χ3n) is 5.98. The van der Waals surface area contributed by atoms with Crippen LogP contribution in [-0.2, 0) is 28.9 Å². The van der Waals surface area contributed by atoms with Crippen molar-refractivity contribution in [3.63, 3.8) is 0 Å². The predicted octanol–water partition coefficient (Wildman–Crippen LogP) is 3.13. The van der Waals surface area contributed by atoms with Crippen LogP contribution in [0.25, 0.3) is 0 Å². The number of methoxy groups -OCH3 is 1. The number of hydrogen-bond donors (Lipinski definition) is 1. The van der Waals surface area contributed by atoms with E-state index in [2.05, 4.69) is 36.2 Å². The van der Waals surface area contributed by atoms with E-state index in [1.54, 1.807) is 0 Å². The summed E-state index contributed by atoms with van der Waals surface area (Å²) in [5.74, 6) is 0.744. The monoisotopic (exact) mass is 346 g/mol. The second-order valence-electron chi connectivity index (χ2n) is 7.45. The summed E-state index contributed by atoms with van der Waals surface area (Å²) in [6, 6.07) is 4.89. The molecule has 3 rings (SSSR count). The van der Waals surface area contributed by atoms with E-state index in [1.807, 2.05) is 0 Å². The number of ether oxygens (including phenoxy) is 1. The van der Waals surface area contributed by atoms with Crippen molar-refractivity contribution in [3.8, 4) is 0 Å². The lowest BCUT2D eigenvalue weighted by molar-refractivity contribution is -0.147. The Labute approximate surface area is 153 Å². The number of aryl methyl sites for hydroxylation is 2. The first-order chi connectivity index (χ1) is 12.2. The van der Waals surface area contributed by atoms with Gasteiger partial charge in [0, 0.05) is 27.0 Å². The summed E-state index contributed by atoms with van der Waals surface area (Å²) < 4.78 is 4.91. The number of carbonyl (C=O) groups excluding carboxylic acids is 1. The summed E-state index contributed by atoms with van der Waals surface area (Å²) in [5.41, 5.74) is 6.06. The molecule has 0 spiro atoms. The highest BCUT2D eigenvalue weighted by Crippen LogP contribution is 2.29. The maximum absolute atomic E-state index is 11.7. The number of nitrogens with zero attached hydrogens (tertiary/aromatic N) is 1. The Morgan fingerprint density at radius 3 is 2.24 bits per heavy atom. The number of likely N-dealkylation sites (tertiary alicyclic amines) is 1. The minimum Gasteiger partial charge on any atom is -0.469 e. The molecule has 2 fully saturated rings. The topological polar surface area (TPSA) is 41.6 Å². The fourth-order valence-electron chi connectivity index (χ4n) is 4.14. The van der Waals surface area contributed by atoms with Gasteiger partial charge >= 0.3 is 5.97 Å². The molecule has 0 radical (unpaired) electrons. The average Bonchev–Trinajstić information content (AvgIpc) is 2.61. The van der Waals surface area contributed by atoms with Crippen LogP contribution in [0, 0.1) is 5.92 Å². The van der Waals surface area contributed by atoms with Crippen LogP contribution in [0.3, 0.4) is 0 Å². The van der Waals surface area contributed by atoms with Crippen molar-refractivity contribution in [2.75, 3.05) is 33.3 Å². The Morgan fingerprint density at radius 1 is 1.20 bits per heavy atom. The largest absolute Gasteiger partial charge is 0.469 e. The Bertz CT molecular complexity index is 583. The molecule has 1 N–H and O–H groups in total. The van der Waals surface area contributed by atoms with Crippen molar-refractivity contribution in [2.24, 2.45) is 5.92 Å². The molecule has 2 heterocycles. The molecule has 2 aliphatic heterocycles. The minimum atomic E-state index is -0.0402. The SMILES string of the molecule is CCc1cc(C2CNC2)cc(CC)c1CN1CCC(C(=O)OC)CC1.[HH]. The molecule has 0 atom stereocenters. The maximum atomic E-state index is 11.7. The molecule has 1 aromatic carbocycles. The van der Waals surface area contributed by atoms with E-state index < -0.39 is 0 Å². The van der Waals surface area contributed by atoms with Gasteiger partial charge in [-0.1, -0.05) is 26.0 Å². The number of hydrogen-bond acceptors (Lipinski definition) is 4. The number of nitrogens with one attached hydrogen (secondary N) is 1. The highest BCUT2D eigenvalue weighted by Gasteiger charge is 2.27. The molecule has 0 saturated carbocycles. The molecule has 25 heavy (non-hydrogen) atoms. The summed E-state index contributed by atoms with van der Waals surface area (Å²) in [6.45, 7) is 9.76. The second-order valence-corrected chi connectivity index (χ2v) is 7.45. The van der Waals surface area contributed by atoms with Crippen molar-refractivity contribution in [2.45, 2.75) is 52.0 Å². The van der Waals surface area contributed by atoms with E-state index in [-0.39, 0.29) is 13.3 Å². The van der Waals surface area contributed by atoms with Gasteiger partial charge in [0.1, 0.15) is 0 Å². The van der Waals surface area contributed by atoms with Gasteiger partial charge in [-0.25, -0.2) is 0 Å². The fraction of sp³-hybridized carbons (Fsp3) is 0.667. The normalized spacial score (nSPS) is 19.6. The van der Waals surface area contributed by atoms with E-state index in [0.29, 0.717) is 5.92 Å². The van der Waals surface area contributed by atoms with Gasteiger partial charge in [0.05, 0.1) is 13.0 Å². The first-order valence-electron chi connectivity index (χ1n) is 9.81. The van der Waals surface area contributed by atoms with Gasteiger partial charge in [0.2, 0.25) is 0 Å². The van der Waals surface area contributed by atoms with Crippen molar-refractivity contribution in [1.82, 2.24) is 10.2 Å². The molecule has 0 amide bonds. The van der Waals surface area contributed by atoms with E-state index >= 15 is 0 Å². The molecule has 2 saturated heterocycles. The van der Waals surface area contributed by atoms with Crippen molar-refractivity contribution in [3.05, 3.63) is 34.4 Å². The molecule has 2 aliphatic rings. The maximum Gasteiger partial charge on any atom is 0.308 e. The summed E-state index contributed by atoms with van der Waals surface area (Å²) >= 11 is 0. The smallest absolute Gasteiger partial charge is 0.308 e.